The van der Waals surface area contributed by atoms with E-state index in [2.05, 4.69) is 33.9 Å². The van der Waals surface area contributed by atoms with Crippen LogP contribution in [0.25, 0.3) is 38.7 Å². The number of esters is 1. The molecule has 418 valence electrons. The van der Waals surface area contributed by atoms with Crippen molar-refractivity contribution in [2.24, 2.45) is 35.4 Å². The first-order chi connectivity index (χ1) is 36.9. The number of ether oxygens (including phenoxy) is 4. The molecular weight excluding hydrogens is 1010 g/mol. The van der Waals surface area contributed by atoms with E-state index in [1.807, 2.05) is 5.43 Å². The van der Waals surface area contributed by atoms with Crippen LogP contribution in [0.5, 0.6) is 11.5 Å². The van der Waals surface area contributed by atoms with Gasteiger partial charge in [-0.05, 0) is 38.0 Å². The van der Waals surface area contributed by atoms with E-state index in [0.717, 1.165) is 19.6 Å². The first-order valence-corrected chi connectivity index (χ1v) is 25.9. The van der Waals surface area contributed by atoms with Gasteiger partial charge < -0.3 is 54.0 Å². The molecule has 2 aromatic heterocycles. The molecule has 3 aliphatic heterocycles. The first-order valence-electron chi connectivity index (χ1n) is 25.9. The zero-order valence-electron chi connectivity index (χ0n) is 45.8. The number of aromatic hydroxyl groups is 1. The van der Waals surface area contributed by atoms with Crippen LogP contribution in [0, 0.1) is 36.5 Å². The molecule has 21 heteroatoms. The Morgan fingerprint density at radius 3 is 2.26 bits per heavy atom. The minimum absolute atomic E-state index is 0.0390. The summed E-state index contributed by atoms with van der Waals surface area (Å²) in [5, 5.41) is 49.3. The zero-order chi connectivity index (χ0) is 57.1. The number of nitrogen functional groups attached to an aromatic ring is 1. The molecule has 0 saturated carbocycles. The maximum atomic E-state index is 14.9. The molecular formula is C57H71N7O14. The molecule has 0 aliphatic carbocycles. The van der Waals surface area contributed by atoms with Crippen LogP contribution in [0.3, 0.4) is 0 Å². The highest BCUT2D eigenvalue weighted by atomic mass is 16.7. The number of rotatable bonds is 6. The van der Waals surface area contributed by atoms with Crippen LogP contribution in [-0.4, -0.2) is 123 Å². The number of aliphatic hydroxyl groups is 3. The van der Waals surface area contributed by atoms with E-state index in [9.17, 15) is 44.4 Å². The molecule has 3 aliphatic rings. The molecule has 5 aromatic rings. The number of methoxy groups -OCH3 is 1. The number of carbonyl (C=O) groups excluding carboxylic acids is 3. The lowest BCUT2D eigenvalue weighted by Crippen LogP contribution is -2.47. The quantitative estimate of drug-likeness (QED) is 0.0293. The molecule has 78 heavy (non-hydrogen) atoms. The number of phenolic OH excluding ortho intramolecular Hbond substituents is 1. The van der Waals surface area contributed by atoms with E-state index < -0.39 is 88.1 Å². The van der Waals surface area contributed by atoms with E-state index in [1.54, 1.807) is 58.0 Å². The highest BCUT2D eigenvalue weighted by Crippen LogP contribution is 2.42. The molecule has 1 fully saturated rings. The monoisotopic (exact) mass is 1080 g/mol. The van der Waals surface area contributed by atoms with Gasteiger partial charge in [0.15, 0.2) is 22.4 Å². The summed E-state index contributed by atoms with van der Waals surface area (Å²) >= 11 is 0. The van der Waals surface area contributed by atoms with Crippen LogP contribution < -0.4 is 42.3 Å². The highest BCUT2D eigenvalue weighted by Gasteiger charge is 2.44. The lowest BCUT2D eigenvalue weighted by molar-refractivity contribution is -0.160. The number of hydrazine groups is 1. The van der Waals surface area contributed by atoms with Crippen LogP contribution in [0.4, 0.5) is 11.4 Å². The number of anilines is 2. The van der Waals surface area contributed by atoms with Crippen molar-refractivity contribution in [2.75, 3.05) is 50.1 Å². The number of hydrogen-bond donors (Lipinski definition) is 7. The number of pyridine rings is 1. The number of aromatic nitrogens is 2. The van der Waals surface area contributed by atoms with Crippen molar-refractivity contribution >= 4 is 67.9 Å². The lowest BCUT2D eigenvalue weighted by atomic mass is 9.78. The number of nitrogens with zero attached hydrogens (tertiary/aromatic N) is 4. The number of nitrogens with two attached hydrogens (primary N) is 1. The maximum absolute atomic E-state index is 14.9. The number of amides is 2. The summed E-state index contributed by atoms with van der Waals surface area (Å²) in [6.07, 6.45) is 6.64. The van der Waals surface area contributed by atoms with Gasteiger partial charge in [-0.1, -0.05) is 59.8 Å². The van der Waals surface area contributed by atoms with Crippen LogP contribution >= 0.6 is 0 Å². The van der Waals surface area contributed by atoms with Crippen molar-refractivity contribution in [3.8, 4) is 11.5 Å². The molecule has 4 bridgehead atoms. The smallest absolute Gasteiger partial charge is 0.307 e. The fourth-order valence-electron chi connectivity index (χ4n) is 10.4. The summed E-state index contributed by atoms with van der Waals surface area (Å²) < 4.78 is 30.5. The first kappa shape index (κ1) is 58.3. The molecule has 3 aromatic carbocycles. The summed E-state index contributed by atoms with van der Waals surface area (Å²) in [4.78, 5) is 79.2. The number of allylic oxidation sites excluding steroid dienone is 2. The Balaban J connectivity index is 0.000000792. The molecule has 21 nitrogen and oxygen atoms in total. The Morgan fingerprint density at radius 1 is 0.949 bits per heavy atom. The SMILES string of the molecule is CO[C@H]1/C=C/O[C@@]2(C)Oc3c(C)c(O)c4c(=O)c(c5oc6cc(N7CCN(CC(C)C)CC7)cc(=O)c6nc5c4c3=C2O)NC(=O)/C(C)=C\C=C\[C@H](C)[C@H](O)[C@@H](C)[C@@H](O)[C@@H](C)[C@H](OC(C)=O)[C@@H]1C.NNC(=O)c1ccncc1. The van der Waals surface area contributed by atoms with Gasteiger partial charge >= 0.3 is 11.8 Å². The fraction of sp³-hybridized carbons (Fsp3) is 0.456. The Labute approximate surface area is 451 Å². The number of aliphatic hydroxyl groups excluding tert-OH is 3. The average molecular weight is 1080 g/mol. The van der Waals surface area contributed by atoms with E-state index >= 15 is 0 Å². The second-order valence-electron chi connectivity index (χ2n) is 20.9. The van der Waals surface area contributed by atoms with Crippen LogP contribution in [0.15, 0.2) is 86.8 Å². The third-order valence-electron chi connectivity index (χ3n) is 14.9. The predicted molar refractivity (Wildman–Crippen MR) is 294 cm³/mol. The van der Waals surface area contributed by atoms with Crippen LogP contribution in [0.1, 0.15) is 78.2 Å². The van der Waals surface area contributed by atoms with Gasteiger partial charge in [0, 0.05) is 130 Å². The summed E-state index contributed by atoms with van der Waals surface area (Å²) in [5.74, 6) is -1.85. The van der Waals surface area contributed by atoms with E-state index in [4.69, 9.17) is 34.2 Å². The molecule has 1 saturated heterocycles. The van der Waals surface area contributed by atoms with Gasteiger partial charge in [-0.15, -0.1) is 0 Å². The average Bonchev–Trinajstić information content (AvgIpc) is 3.91. The number of hydrogen-bond acceptors (Lipinski definition) is 19. The molecule has 5 heterocycles. The molecule has 2 amide bonds. The number of phenols is 1. The summed E-state index contributed by atoms with van der Waals surface area (Å²) in [6, 6.07) is 6.33. The van der Waals surface area contributed by atoms with Crippen molar-refractivity contribution in [3.63, 3.8) is 0 Å². The van der Waals surface area contributed by atoms with E-state index in [1.165, 1.54) is 71.7 Å². The van der Waals surface area contributed by atoms with Crippen molar-refractivity contribution in [3.05, 3.63) is 110 Å². The summed E-state index contributed by atoms with van der Waals surface area (Å²) in [6.45, 7) is 20.8. The Morgan fingerprint density at radius 2 is 1.63 bits per heavy atom. The minimum atomic E-state index is -1.98. The third-order valence-corrected chi connectivity index (χ3v) is 14.9. The second kappa shape index (κ2) is 24.1. The maximum Gasteiger partial charge on any atom is 0.307 e. The topological polar surface area (TPSA) is 299 Å². The predicted octanol–water partition coefficient (Wildman–Crippen LogP) is 5.02. The molecule has 0 radical (unpaired) electrons. The molecule has 0 spiro atoms. The van der Waals surface area contributed by atoms with Crippen molar-refractivity contribution in [1.29, 1.82) is 0 Å². The molecule has 9 atom stereocenters. The second-order valence-corrected chi connectivity index (χ2v) is 20.9. The van der Waals surface area contributed by atoms with Crippen molar-refractivity contribution < 1.29 is 58.2 Å². The lowest BCUT2D eigenvalue weighted by Gasteiger charge is -2.38. The largest absolute Gasteiger partial charge is 0.507 e. The normalized spacial score (nSPS) is 26.9. The zero-order valence-corrected chi connectivity index (χ0v) is 45.8. The highest BCUT2D eigenvalue weighted by molar-refractivity contribution is 6.17. The van der Waals surface area contributed by atoms with Crippen LogP contribution in [0.2, 0.25) is 0 Å². The Kier molecular flexibility index (Phi) is 18.0. The molecule has 8 rings (SSSR count). The number of fused-ring (bicyclic) bond motifs is 2. The van der Waals surface area contributed by atoms with Crippen molar-refractivity contribution in [2.45, 2.75) is 99.4 Å². The minimum Gasteiger partial charge on any atom is -0.507 e. The third kappa shape index (κ3) is 11.8. The standard InChI is InChI=1S/C51H64N4O13.C6H7N3O/c1-24(2)23-54-16-18-55(19-17-54)32-21-33(57)39-35(22-32)67-48-40(52-39)36-37-44(60)30(8)47-38(36)49(62)51(10,68-47)65-20-15-34(64-11)27(5)46(66-31(9)56)29(7)43(59)28(6)42(58)25(3)13-12-14-26(4)50(63)53-41(48)45(37)61;7-9-6(10)5-1-3-8-4-2-5/h12-15,20-22,24-25,27-29,34,42-43,46,58-60,62H,16-19,23H2,1-11H3,(H,53,63);1-4H,7H2,(H,9,10)/b13-12+,20-15+,26-14-;/t25-,27+,28+,29+,34-,42-,43+,46+,51-;/m0./s1. The molecule has 0 unspecified atom stereocenters. The number of benzene rings is 3. The number of nitrogens with one attached hydrogen (secondary N) is 2. The van der Waals surface area contributed by atoms with Gasteiger partial charge in [-0.3, -0.25) is 39.3 Å². The van der Waals surface area contributed by atoms with Gasteiger partial charge in [0.05, 0.1) is 35.2 Å². The summed E-state index contributed by atoms with van der Waals surface area (Å²) in [5.41, 5.74) is 1.18. The van der Waals surface area contributed by atoms with Crippen LogP contribution in [-0.2, 0) is 23.8 Å². The number of carbonyl (C=O) groups is 3. The Bertz CT molecular complexity index is 3360. The van der Waals surface area contributed by atoms with Gasteiger partial charge in [0.1, 0.15) is 28.8 Å². The fourth-order valence-corrected chi connectivity index (χ4v) is 10.4. The van der Waals surface area contributed by atoms with E-state index in [-0.39, 0.29) is 66.7 Å². The van der Waals surface area contributed by atoms with Gasteiger partial charge in [-0.25, -0.2) is 10.8 Å². The van der Waals surface area contributed by atoms with Gasteiger partial charge in [0.2, 0.25) is 10.9 Å². The van der Waals surface area contributed by atoms with Gasteiger partial charge in [-0.2, -0.15) is 0 Å². The number of piperazine rings is 1. The van der Waals surface area contributed by atoms with Gasteiger partial charge in [0.25, 0.3) is 11.8 Å². The van der Waals surface area contributed by atoms with Crippen molar-refractivity contribution in [1.82, 2.24) is 20.3 Å². The van der Waals surface area contributed by atoms with E-state index in [0.29, 0.717) is 30.3 Å². The summed E-state index contributed by atoms with van der Waals surface area (Å²) in [7, 11) is 1.45. The molecule has 8 N–H and O–H groups in total. The Hall–Kier alpha value is -7.43.